The van der Waals surface area contributed by atoms with E-state index in [0.717, 1.165) is 19.2 Å². The van der Waals surface area contributed by atoms with Gasteiger partial charge >= 0.3 is 12.1 Å². The molecule has 0 bridgehead atoms. The van der Waals surface area contributed by atoms with E-state index in [2.05, 4.69) is 4.74 Å². The molecule has 2 atom stereocenters. The Hall–Kier alpha value is -2.11. The summed E-state index contributed by atoms with van der Waals surface area (Å²) >= 11 is 0. The average molecular weight is 289 g/mol. The van der Waals surface area contributed by atoms with E-state index in [4.69, 9.17) is 5.26 Å². The first kappa shape index (κ1) is 15.9. The minimum atomic E-state index is -4.85. The number of halogens is 3. The van der Waals surface area contributed by atoms with E-state index in [1.54, 1.807) is 0 Å². The van der Waals surface area contributed by atoms with Crippen molar-refractivity contribution in [2.24, 2.45) is 0 Å². The normalized spacial score (nSPS) is 14.2. The lowest BCUT2D eigenvalue weighted by atomic mass is 9.96. The van der Waals surface area contributed by atoms with Gasteiger partial charge in [-0.15, -0.1) is 0 Å². The Bertz CT molecular complexity index is 551. The van der Waals surface area contributed by atoms with Crippen LogP contribution in [0.15, 0.2) is 18.2 Å². The first-order valence-corrected chi connectivity index (χ1v) is 5.27. The Balaban J connectivity index is 3.31. The number of alkyl halides is 3. The van der Waals surface area contributed by atoms with E-state index in [1.165, 1.54) is 6.07 Å². The van der Waals surface area contributed by atoms with Crippen LogP contribution in [-0.2, 0) is 15.7 Å². The van der Waals surface area contributed by atoms with Gasteiger partial charge in [-0.1, -0.05) is 6.07 Å². The fraction of sp³-hybridized carbons (Fsp3) is 0.333. The van der Waals surface area contributed by atoms with Crippen molar-refractivity contribution in [1.29, 1.82) is 5.26 Å². The van der Waals surface area contributed by atoms with Gasteiger partial charge in [0.05, 0.1) is 24.3 Å². The zero-order valence-electron chi connectivity index (χ0n) is 10.2. The summed E-state index contributed by atoms with van der Waals surface area (Å²) in [7, 11) is 0.918. The van der Waals surface area contributed by atoms with Crippen molar-refractivity contribution < 1.29 is 32.9 Å². The van der Waals surface area contributed by atoms with Crippen molar-refractivity contribution in [3.8, 4) is 6.07 Å². The molecule has 0 aromatic heterocycles. The predicted octanol–water partition coefficient (Wildman–Crippen LogP) is 1.14. The highest BCUT2D eigenvalue weighted by atomic mass is 19.4. The van der Waals surface area contributed by atoms with Gasteiger partial charge < -0.3 is 14.9 Å². The predicted molar refractivity (Wildman–Crippen MR) is 59.1 cm³/mol. The Kier molecular flexibility index (Phi) is 4.70. The minimum Gasteiger partial charge on any atom is -0.467 e. The molecule has 0 fully saturated rings. The van der Waals surface area contributed by atoms with Gasteiger partial charge in [-0.2, -0.15) is 18.4 Å². The van der Waals surface area contributed by atoms with Gasteiger partial charge in [0.25, 0.3) is 0 Å². The lowest BCUT2D eigenvalue weighted by molar-refractivity contribution is -0.158. The Labute approximate surface area is 111 Å². The van der Waals surface area contributed by atoms with E-state index in [1.807, 2.05) is 0 Å². The molecule has 0 aliphatic carbocycles. The van der Waals surface area contributed by atoms with Gasteiger partial charge in [-0.05, 0) is 17.7 Å². The maximum Gasteiger partial charge on any atom is 0.416 e. The van der Waals surface area contributed by atoms with Crippen LogP contribution in [0.25, 0.3) is 0 Å². The van der Waals surface area contributed by atoms with E-state index >= 15 is 0 Å². The number of nitrogens with zero attached hydrogens (tertiary/aromatic N) is 1. The highest BCUT2D eigenvalue weighted by Gasteiger charge is 2.38. The SMILES string of the molecule is COC(=O)C(O)C(O)c1ccc(C#N)cc1C(F)(F)F. The van der Waals surface area contributed by atoms with E-state index < -0.39 is 35.5 Å². The van der Waals surface area contributed by atoms with Gasteiger partial charge in [-0.3, -0.25) is 0 Å². The molecule has 0 spiro atoms. The molecule has 2 N–H and O–H groups in total. The van der Waals surface area contributed by atoms with Gasteiger partial charge in [0.2, 0.25) is 0 Å². The Morgan fingerprint density at radius 2 is 2.00 bits per heavy atom. The minimum absolute atomic E-state index is 0.263. The van der Waals surface area contributed by atoms with Crippen molar-refractivity contribution in [1.82, 2.24) is 0 Å². The molecule has 0 radical (unpaired) electrons. The van der Waals surface area contributed by atoms with Gasteiger partial charge in [-0.25, -0.2) is 4.79 Å². The summed E-state index contributed by atoms with van der Waals surface area (Å²) in [6.45, 7) is 0. The quantitative estimate of drug-likeness (QED) is 0.814. The smallest absolute Gasteiger partial charge is 0.416 e. The molecule has 8 heteroatoms. The molecule has 20 heavy (non-hydrogen) atoms. The van der Waals surface area contributed by atoms with Gasteiger partial charge in [0.1, 0.15) is 6.10 Å². The van der Waals surface area contributed by atoms with Crippen LogP contribution in [0.1, 0.15) is 22.8 Å². The monoisotopic (exact) mass is 289 g/mol. The molecule has 0 saturated carbocycles. The molecular formula is C12H10F3NO4. The molecular weight excluding hydrogens is 279 g/mol. The number of hydrogen-bond acceptors (Lipinski definition) is 5. The van der Waals surface area contributed by atoms with Crippen LogP contribution in [0, 0.1) is 11.3 Å². The third-order valence-corrected chi connectivity index (χ3v) is 2.55. The number of aliphatic hydroxyl groups is 2. The second-order valence-electron chi connectivity index (χ2n) is 3.82. The maximum absolute atomic E-state index is 12.9. The summed E-state index contributed by atoms with van der Waals surface area (Å²) in [5.74, 6) is -1.27. The maximum atomic E-state index is 12.9. The third kappa shape index (κ3) is 3.26. The van der Waals surface area contributed by atoms with Crippen molar-refractivity contribution in [3.05, 3.63) is 34.9 Å². The zero-order chi connectivity index (χ0) is 15.5. The number of benzene rings is 1. The standard InChI is InChI=1S/C12H10F3NO4/c1-20-11(19)10(18)9(17)7-3-2-6(5-16)4-8(7)12(13,14)15/h2-4,9-10,17-18H,1H3. The Morgan fingerprint density at radius 1 is 1.40 bits per heavy atom. The summed E-state index contributed by atoms with van der Waals surface area (Å²) in [5, 5.41) is 27.7. The first-order valence-electron chi connectivity index (χ1n) is 5.27. The zero-order valence-corrected chi connectivity index (χ0v) is 10.2. The van der Waals surface area contributed by atoms with E-state index in [9.17, 15) is 28.2 Å². The number of carbonyl (C=O) groups excluding carboxylic acids is 1. The second kappa shape index (κ2) is 5.90. The topological polar surface area (TPSA) is 90.6 Å². The number of hydrogen-bond donors (Lipinski definition) is 2. The number of methoxy groups -OCH3 is 1. The second-order valence-corrected chi connectivity index (χ2v) is 3.82. The molecule has 0 aliphatic heterocycles. The number of aliphatic hydroxyl groups excluding tert-OH is 2. The lowest BCUT2D eigenvalue weighted by Crippen LogP contribution is -2.30. The molecule has 5 nitrogen and oxygen atoms in total. The summed E-state index contributed by atoms with van der Waals surface area (Å²) in [6.07, 6.45) is -9.13. The highest BCUT2D eigenvalue weighted by molar-refractivity contribution is 5.75. The first-order chi connectivity index (χ1) is 9.22. The van der Waals surface area contributed by atoms with Crippen molar-refractivity contribution in [2.45, 2.75) is 18.4 Å². The van der Waals surface area contributed by atoms with Crippen molar-refractivity contribution >= 4 is 5.97 Å². The largest absolute Gasteiger partial charge is 0.467 e. The number of ether oxygens (including phenoxy) is 1. The van der Waals surface area contributed by atoms with Crippen LogP contribution in [0.2, 0.25) is 0 Å². The van der Waals surface area contributed by atoms with Crippen LogP contribution >= 0.6 is 0 Å². The summed E-state index contributed by atoms with van der Waals surface area (Å²) in [5.41, 5.74) is -2.28. The molecule has 1 aromatic rings. The van der Waals surface area contributed by atoms with E-state index in [0.29, 0.717) is 6.07 Å². The fourth-order valence-electron chi connectivity index (χ4n) is 1.55. The molecule has 1 rings (SSSR count). The fourth-order valence-corrected chi connectivity index (χ4v) is 1.55. The van der Waals surface area contributed by atoms with Crippen LogP contribution in [0.4, 0.5) is 13.2 Å². The van der Waals surface area contributed by atoms with Gasteiger partial charge in [0.15, 0.2) is 6.10 Å². The Morgan fingerprint density at radius 3 is 2.45 bits per heavy atom. The number of nitriles is 1. The number of carbonyl (C=O) groups is 1. The van der Waals surface area contributed by atoms with Crippen molar-refractivity contribution in [2.75, 3.05) is 7.11 Å². The van der Waals surface area contributed by atoms with Crippen molar-refractivity contribution in [3.63, 3.8) is 0 Å². The average Bonchev–Trinajstić information content (AvgIpc) is 2.43. The number of rotatable bonds is 3. The molecule has 108 valence electrons. The van der Waals surface area contributed by atoms with Crippen LogP contribution in [0.3, 0.4) is 0 Å². The summed E-state index contributed by atoms with van der Waals surface area (Å²) in [6, 6.07) is 3.93. The molecule has 0 saturated heterocycles. The molecule has 0 amide bonds. The highest BCUT2D eigenvalue weighted by Crippen LogP contribution is 2.36. The van der Waals surface area contributed by atoms with Crippen LogP contribution in [0.5, 0.6) is 0 Å². The summed E-state index contributed by atoms with van der Waals surface area (Å²) < 4.78 is 42.7. The third-order valence-electron chi connectivity index (χ3n) is 2.55. The van der Waals surface area contributed by atoms with Crippen LogP contribution in [-0.4, -0.2) is 29.4 Å². The molecule has 0 heterocycles. The van der Waals surface area contributed by atoms with Crippen LogP contribution < -0.4 is 0 Å². The van der Waals surface area contributed by atoms with Gasteiger partial charge in [0, 0.05) is 0 Å². The lowest BCUT2D eigenvalue weighted by Gasteiger charge is -2.20. The molecule has 2 unspecified atom stereocenters. The summed E-state index contributed by atoms with van der Waals surface area (Å²) in [4.78, 5) is 11.0. The molecule has 1 aromatic carbocycles. The van der Waals surface area contributed by atoms with E-state index in [-0.39, 0.29) is 5.56 Å². The number of esters is 1. The molecule has 0 aliphatic rings.